The second-order valence-electron chi connectivity index (χ2n) is 12.4. The predicted octanol–water partition coefficient (Wildman–Crippen LogP) is 7.18. The van der Waals surface area contributed by atoms with E-state index in [1.165, 1.54) is 4.31 Å². The van der Waals surface area contributed by atoms with E-state index in [0.717, 1.165) is 40.7 Å². The molecule has 0 saturated carbocycles. The Labute approximate surface area is 280 Å². The molecule has 0 radical (unpaired) electrons. The second-order valence-corrected chi connectivity index (χ2v) is 14.2. The summed E-state index contributed by atoms with van der Waals surface area (Å²) in [6.45, 7) is 10.2. The molecule has 0 saturated heterocycles. The van der Waals surface area contributed by atoms with Gasteiger partial charge >= 0.3 is 0 Å². The van der Waals surface area contributed by atoms with Crippen LogP contribution in [0.5, 0.6) is 0 Å². The van der Waals surface area contributed by atoms with Crippen LogP contribution in [0.4, 0.5) is 5.69 Å². The number of nitrogens with one attached hydrogen (secondary N) is 1. The molecule has 4 aromatic rings. The van der Waals surface area contributed by atoms with Crippen LogP contribution in [-0.4, -0.2) is 44.3 Å². The Bertz CT molecular complexity index is 1720. The number of aryl methyl sites for hydroxylation is 2. The maximum atomic E-state index is 14.7. The molecule has 0 aliphatic rings. The van der Waals surface area contributed by atoms with E-state index >= 15 is 0 Å². The van der Waals surface area contributed by atoms with Crippen LogP contribution in [0.2, 0.25) is 0 Å². The van der Waals surface area contributed by atoms with Crippen LogP contribution < -0.4 is 9.62 Å². The number of hydrogen-bond donors (Lipinski definition) is 1. The van der Waals surface area contributed by atoms with Gasteiger partial charge in [0.05, 0.1) is 10.6 Å². The number of unbranched alkanes of at least 4 members (excludes halogenated alkanes) is 1. The monoisotopic (exact) mass is 653 g/mol. The lowest BCUT2D eigenvalue weighted by molar-refractivity contribution is -0.140. The summed E-state index contributed by atoms with van der Waals surface area (Å²) in [4.78, 5) is 30.2. The van der Waals surface area contributed by atoms with Gasteiger partial charge in [0.1, 0.15) is 12.6 Å². The van der Waals surface area contributed by atoms with Gasteiger partial charge in [-0.15, -0.1) is 0 Å². The molecular weight excluding hydrogens is 607 g/mol. The van der Waals surface area contributed by atoms with Gasteiger partial charge < -0.3 is 10.2 Å². The van der Waals surface area contributed by atoms with Gasteiger partial charge in [-0.05, 0) is 72.7 Å². The van der Waals surface area contributed by atoms with Crippen molar-refractivity contribution in [2.24, 2.45) is 0 Å². The SMILES string of the molecule is CCCCNC(=O)[C@H](Cc1ccccc1)N(Cc1ccccc1C)C(=O)CN(c1ccc(C(C)C)cc1)S(=O)(=O)c1ccc(C)cc1. The molecule has 0 aliphatic carbocycles. The zero-order valence-electron chi connectivity index (χ0n) is 28.1. The van der Waals surface area contributed by atoms with Gasteiger partial charge in [-0.2, -0.15) is 0 Å². The maximum absolute atomic E-state index is 14.7. The number of carbonyl (C=O) groups is 2. The molecule has 0 unspecified atom stereocenters. The summed E-state index contributed by atoms with van der Waals surface area (Å²) in [5.74, 6) is -0.482. The zero-order chi connectivity index (χ0) is 34.0. The Kier molecular flexibility index (Phi) is 12.4. The molecule has 0 spiro atoms. The van der Waals surface area contributed by atoms with E-state index in [4.69, 9.17) is 0 Å². The molecule has 7 nitrogen and oxygen atoms in total. The number of amides is 2. The molecule has 8 heteroatoms. The van der Waals surface area contributed by atoms with Crippen molar-refractivity contribution < 1.29 is 18.0 Å². The number of carbonyl (C=O) groups excluding carboxylic acids is 2. The topological polar surface area (TPSA) is 86.8 Å². The largest absolute Gasteiger partial charge is 0.354 e. The molecule has 2 amide bonds. The van der Waals surface area contributed by atoms with E-state index in [1.807, 2.05) is 80.6 Å². The summed E-state index contributed by atoms with van der Waals surface area (Å²) >= 11 is 0. The highest BCUT2D eigenvalue weighted by atomic mass is 32.2. The summed E-state index contributed by atoms with van der Waals surface area (Å²) in [6.07, 6.45) is 2.01. The first-order valence-electron chi connectivity index (χ1n) is 16.4. The lowest BCUT2D eigenvalue weighted by Crippen LogP contribution is -2.53. The Balaban J connectivity index is 1.80. The van der Waals surface area contributed by atoms with Crippen molar-refractivity contribution in [3.05, 3.63) is 131 Å². The number of rotatable bonds is 15. The third-order valence-electron chi connectivity index (χ3n) is 8.44. The summed E-state index contributed by atoms with van der Waals surface area (Å²) < 4.78 is 29.7. The van der Waals surface area contributed by atoms with E-state index in [0.29, 0.717) is 12.2 Å². The van der Waals surface area contributed by atoms with Crippen molar-refractivity contribution in [3.8, 4) is 0 Å². The Morgan fingerprint density at radius 3 is 2.06 bits per heavy atom. The average molecular weight is 654 g/mol. The summed E-state index contributed by atoms with van der Waals surface area (Å²) in [5.41, 5.74) is 5.12. The molecule has 0 bridgehead atoms. The van der Waals surface area contributed by atoms with Gasteiger partial charge in [0.25, 0.3) is 10.0 Å². The highest BCUT2D eigenvalue weighted by Crippen LogP contribution is 2.27. The third-order valence-corrected chi connectivity index (χ3v) is 10.2. The normalized spacial score (nSPS) is 12.0. The zero-order valence-corrected chi connectivity index (χ0v) is 29.0. The lowest BCUT2D eigenvalue weighted by Gasteiger charge is -2.34. The minimum Gasteiger partial charge on any atom is -0.354 e. The van der Waals surface area contributed by atoms with Crippen LogP contribution in [-0.2, 0) is 32.6 Å². The van der Waals surface area contributed by atoms with Crippen LogP contribution in [0.15, 0.2) is 108 Å². The first-order chi connectivity index (χ1) is 22.5. The van der Waals surface area contributed by atoms with Gasteiger partial charge in [0.2, 0.25) is 11.8 Å². The maximum Gasteiger partial charge on any atom is 0.264 e. The van der Waals surface area contributed by atoms with E-state index in [1.54, 1.807) is 41.3 Å². The van der Waals surface area contributed by atoms with Crippen molar-refractivity contribution in [3.63, 3.8) is 0 Å². The van der Waals surface area contributed by atoms with Gasteiger partial charge in [-0.3, -0.25) is 13.9 Å². The average Bonchev–Trinajstić information content (AvgIpc) is 3.06. The molecule has 1 N–H and O–H groups in total. The molecule has 4 rings (SSSR count). The van der Waals surface area contributed by atoms with Crippen LogP contribution in [0.25, 0.3) is 0 Å². The quantitative estimate of drug-likeness (QED) is 0.138. The lowest BCUT2D eigenvalue weighted by atomic mass is 10.0. The molecule has 47 heavy (non-hydrogen) atoms. The number of anilines is 1. The minimum atomic E-state index is -4.15. The molecule has 4 aromatic carbocycles. The van der Waals surface area contributed by atoms with E-state index in [9.17, 15) is 18.0 Å². The summed E-state index contributed by atoms with van der Waals surface area (Å²) in [6, 6.07) is 30.4. The number of nitrogens with zero attached hydrogens (tertiary/aromatic N) is 2. The number of benzene rings is 4. The fourth-order valence-electron chi connectivity index (χ4n) is 5.42. The third kappa shape index (κ3) is 9.32. The van der Waals surface area contributed by atoms with Crippen LogP contribution in [0, 0.1) is 13.8 Å². The predicted molar refractivity (Wildman–Crippen MR) is 190 cm³/mol. The summed E-state index contributed by atoms with van der Waals surface area (Å²) in [5, 5.41) is 3.04. The standard InChI is InChI=1S/C39H47N3O4S/c1-6-7-25-40-39(44)37(26-32-14-9-8-10-15-32)41(27-34-16-12-11-13-31(34)5)38(43)28-42(35-21-19-33(20-22-35)29(2)3)47(45,46)36-23-17-30(4)18-24-36/h8-24,29,37H,6-7,25-28H2,1-5H3,(H,40,44)/t37-/m0/s1. The van der Waals surface area contributed by atoms with E-state index in [2.05, 4.69) is 26.1 Å². The Morgan fingerprint density at radius 1 is 0.809 bits per heavy atom. The first kappa shape index (κ1) is 35.4. The van der Waals surface area contributed by atoms with Gasteiger partial charge in [-0.1, -0.05) is 112 Å². The van der Waals surface area contributed by atoms with Gasteiger partial charge in [-0.25, -0.2) is 8.42 Å². The first-order valence-corrected chi connectivity index (χ1v) is 17.8. The molecule has 0 fully saturated rings. The van der Waals surface area contributed by atoms with Crippen LogP contribution in [0.1, 0.15) is 67.3 Å². The minimum absolute atomic E-state index is 0.0902. The molecule has 0 aromatic heterocycles. The van der Waals surface area contributed by atoms with Gasteiger partial charge in [0, 0.05) is 19.5 Å². The van der Waals surface area contributed by atoms with Crippen LogP contribution >= 0.6 is 0 Å². The molecule has 0 aliphatic heterocycles. The molecule has 248 valence electrons. The number of hydrogen-bond acceptors (Lipinski definition) is 4. The fourth-order valence-corrected chi connectivity index (χ4v) is 6.84. The molecule has 0 heterocycles. The molecule has 1 atom stereocenters. The van der Waals surface area contributed by atoms with E-state index < -0.39 is 28.5 Å². The fraction of sp³-hybridized carbons (Fsp3) is 0.333. The van der Waals surface area contributed by atoms with Gasteiger partial charge in [0.15, 0.2) is 0 Å². The van der Waals surface area contributed by atoms with Crippen molar-refractivity contribution >= 4 is 27.5 Å². The smallest absolute Gasteiger partial charge is 0.264 e. The highest BCUT2D eigenvalue weighted by Gasteiger charge is 2.34. The Hall–Kier alpha value is -4.43. The van der Waals surface area contributed by atoms with Crippen molar-refractivity contribution in [1.29, 1.82) is 0 Å². The Morgan fingerprint density at radius 2 is 1.45 bits per heavy atom. The second kappa shape index (κ2) is 16.4. The van der Waals surface area contributed by atoms with E-state index in [-0.39, 0.29) is 29.7 Å². The highest BCUT2D eigenvalue weighted by molar-refractivity contribution is 7.92. The van der Waals surface area contributed by atoms with Crippen molar-refractivity contribution in [2.75, 3.05) is 17.4 Å². The number of sulfonamides is 1. The molecular formula is C39H47N3O4S. The summed E-state index contributed by atoms with van der Waals surface area (Å²) in [7, 11) is -4.15. The van der Waals surface area contributed by atoms with Crippen molar-refractivity contribution in [1.82, 2.24) is 10.2 Å². The van der Waals surface area contributed by atoms with Crippen molar-refractivity contribution in [2.45, 2.75) is 77.3 Å². The van der Waals surface area contributed by atoms with Crippen LogP contribution in [0.3, 0.4) is 0 Å².